The minimum Gasteiger partial charge on any atom is -0.497 e. The summed E-state index contributed by atoms with van der Waals surface area (Å²) in [5.41, 5.74) is -5.27. The summed E-state index contributed by atoms with van der Waals surface area (Å²) in [5.74, 6) is -3.21. The lowest BCUT2D eigenvalue weighted by molar-refractivity contribution is -0.240. The molecule has 0 amide bonds. The van der Waals surface area contributed by atoms with Gasteiger partial charge in [-0.3, -0.25) is 9.59 Å². The fourth-order valence-electron chi connectivity index (χ4n) is 8.77. The van der Waals surface area contributed by atoms with Crippen molar-refractivity contribution in [2.24, 2.45) is 22.7 Å². The molecule has 2 aromatic rings. The standard InChI is InChI=1S/C41H53BrO10Si/c1-37(2,3)53(9,10)52-27-20-21-40(23-50-40)32-35(51-36(45)25-14-12-11-13-15-25)41(46)34(44)31(48-8)29(42)28(38(41,4)5)30(33(43)39(27,32)6)49-22-24-16-18-26(47-7)19-17-24/h11-19,27-28,30,32,35,46H,20-23H2,1-10H3/t27-,28+,30+,32-,35-,39+,40+,41+/m0/s1. The lowest BCUT2D eigenvalue weighted by atomic mass is 9.46. The highest BCUT2D eigenvalue weighted by molar-refractivity contribution is 9.11. The third-order valence-electron chi connectivity index (χ3n) is 13.1. The van der Waals surface area contributed by atoms with Gasteiger partial charge in [-0.05, 0) is 67.7 Å². The summed E-state index contributed by atoms with van der Waals surface area (Å²) in [5, 5.41) is 13.3. The van der Waals surface area contributed by atoms with E-state index in [-0.39, 0.29) is 39.8 Å². The van der Waals surface area contributed by atoms with Crippen LogP contribution in [-0.2, 0) is 39.6 Å². The summed E-state index contributed by atoms with van der Waals surface area (Å²) in [6.45, 7) is 16.3. The summed E-state index contributed by atoms with van der Waals surface area (Å²) < 4.78 is 38.2. The molecule has 3 fully saturated rings. The van der Waals surface area contributed by atoms with Gasteiger partial charge in [0, 0.05) is 21.7 Å². The molecular formula is C41H53BrO10Si. The van der Waals surface area contributed by atoms with Gasteiger partial charge in [0.05, 0.1) is 50.1 Å². The number of carbonyl (C=O) groups is 3. The predicted molar refractivity (Wildman–Crippen MR) is 204 cm³/mol. The zero-order chi connectivity index (χ0) is 38.9. The van der Waals surface area contributed by atoms with Gasteiger partial charge in [-0.1, -0.05) is 80.9 Å². The number of Topliss-reactive ketones (excluding diaryl/α,β-unsaturated/α-hetero) is 2. The third kappa shape index (κ3) is 6.25. The largest absolute Gasteiger partial charge is 0.497 e. The maximum Gasteiger partial charge on any atom is 0.338 e. The molecule has 4 aliphatic rings. The SMILES string of the molecule is COC1=C(Br)[C@@H]2[C@@H](OCc3ccc(OC)cc3)C(=O)[C@]3(C)[C@@H](O[Si](C)(C)C(C)(C)C)CC[C@@]4(CO4)[C@H]3[C@H](OC(=O)c3ccccc3)[C@](O)(C1=O)C2(C)C. The number of epoxide rings is 1. The fourth-order valence-corrected chi connectivity index (χ4v) is 11.3. The van der Waals surface area contributed by atoms with Crippen molar-refractivity contribution < 1.29 is 47.6 Å². The molecule has 12 heteroatoms. The van der Waals surface area contributed by atoms with Crippen LogP contribution in [0.4, 0.5) is 0 Å². The Balaban J connectivity index is 1.61. The normalized spacial score (nSPS) is 33.8. The van der Waals surface area contributed by atoms with E-state index in [1.54, 1.807) is 51.3 Å². The molecule has 53 heavy (non-hydrogen) atoms. The Kier molecular flexibility index (Phi) is 10.3. The number of carbonyl (C=O) groups excluding carboxylic acids is 3. The van der Waals surface area contributed by atoms with Crippen LogP contribution in [-0.4, -0.2) is 81.3 Å². The van der Waals surface area contributed by atoms with Gasteiger partial charge in [-0.15, -0.1) is 0 Å². The predicted octanol–water partition coefficient (Wildman–Crippen LogP) is 7.17. The first-order chi connectivity index (χ1) is 24.7. The van der Waals surface area contributed by atoms with Crippen LogP contribution in [0.15, 0.2) is 64.8 Å². The van der Waals surface area contributed by atoms with Crippen LogP contribution in [0.2, 0.25) is 18.1 Å². The Morgan fingerprint density at radius 2 is 1.62 bits per heavy atom. The number of hydrogen-bond acceptors (Lipinski definition) is 10. The van der Waals surface area contributed by atoms with Crippen molar-refractivity contribution in [1.82, 2.24) is 0 Å². The van der Waals surface area contributed by atoms with Gasteiger partial charge in [0.25, 0.3) is 0 Å². The van der Waals surface area contributed by atoms with Gasteiger partial charge in [0.2, 0.25) is 5.78 Å². The van der Waals surface area contributed by atoms with E-state index in [9.17, 15) is 14.7 Å². The molecule has 1 aliphatic heterocycles. The monoisotopic (exact) mass is 812 g/mol. The maximum atomic E-state index is 16.0. The first kappa shape index (κ1) is 39.8. The number of ketones is 2. The van der Waals surface area contributed by atoms with Crippen molar-refractivity contribution in [3.05, 3.63) is 76.0 Å². The molecule has 2 saturated carbocycles. The van der Waals surface area contributed by atoms with Crippen LogP contribution in [0.1, 0.15) is 70.3 Å². The molecule has 2 bridgehead atoms. The molecule has 1 saturated heterocycles. The minimum atomic E-state index is -2.55. The Hall–Kier alpha value is -2.87. The molecular weight excluding hydrogens is 760 g/mol. The summed E-state index contributed by atoms with van der Waals surface area (Å²) >= 11 is 3.67. The van der Waals surface area contributed by atoms with Gasteiger partial charge in [-0.25, -0.2) is 4.79 Å². The van der Waals surface area contributed by atoms with E-state index in [0.717, 1.165) is 5.56 Å². The van der Waals surface area contributed by atoms with Gasteiger partial charge in [0.15, 0.2) is 25.5 Å². The Labute approximate surface area is 322 Å². The number of fused-ring (bicyclic) bond motifs is 4. The van der Waals surface area contributed by atoms with E-state index in [1.165, 1.54) is 7.11 Å². The van der Waals surface area contributed by atoms with E-state index in [0.29, 0.717) is 18.6 Å². The number of benzene rings is 2. The van der Waals surface area contributed by atoms with Crippen LogP contribution in [0.25, 0.3) is 0 Å². The molecule has 0 unspecified atom stereocenters. The van der Waals surface area contributed by atoms with E-state index in [4.69, 9.17) is 28.1 Å². The quantitative estimate of drug-likeness (QED) is 0.158. The molecule has 288 valence electrons. The second-order valence-corrected chi connectivity index (χ2v) is 22.9. The number of hydrogen-bond donors (Lipinski definition) is 1. The average Bonchev–Trinajstić information content (AvgIpc) is 3.88. The van der Waals surface area contributed by atoms with E-state index < -0.39 is 72.2 Å². The topological polar surface area (TPSA) is 130 Å². The van der Waals surface area contributed by atoms with Gasteiger partial charge in [-0.2, -0.15) is 0 Å². The lowest BCUT2D eigenvalue weighted by Crippen LogP contribution is -2.77. The maximum absolute atomic E-state index is 16.0. The van der Waals surface area contributed by atoms with Crippen molar-refractivity contribution in [1.29, 1.82) is 0 Å². The molecule has 10 nitrogen and oxygen atoms in total. The zero-order valence-electron chi connectivity index (χ0n) is 32.4. The highest BCUT2D eigenvalue weighted by Gasteiger charge is 2.79. The summed E-state index contributed by atoms with van der Waals surface area (Å²) in [4.78, 5) is 45.1. The van der Waals surface area contributed by atoms with Crippen LogP contribution in [0.5, 0.6) is 5.75 Å². The molecule has 0 radical (unpaired) electrons. The van der Waals surface area contributed by atoms with E-state index in [2.05, 4.69) is 49.8 Å². The van der Waals surface area contributed by atoms with Crippen LogP contribution in [0.3, 0.4) is 0 Å². The fraction of sp³-hybridized carbons (Fsp3) is 0.585. The van der Waals surface area contributed by atoms with Crippen molar-refractivity contribution in [2.45, 2.75) is 109 Å². The van der Waals surface area contributed by atoms with Crippen molar-refractivity contribution >= 4 is 41.8 Å². The molecule has 1 heterocycles. The first-order valence-electron chi connectivity index (χ1n) is 18.3. The van der Waals surface area contributed by atoms with Crippen LogP contribution < -0.4 is 4.74 Å². The molecule has 6 rings (SSSR count). The average molecular weight is 814 g/mol. The summed E-state index contributed by atoms with van der Waals surface area (Å²) in [6.07, 6.45) is -2.47. The number of methoxy groups -OCH3 is 2. The Morgan fingerprint density at radius 1 is 1.00 bits per heavy atom. The van der Waals surface area contributed by atoms with Crippen molar-refractivity contribution in [3.8, 4) is 5.75 Å². The van der Waals surface area contributed by atoms with E-state index in [1.807, 2.05) is 31.2 Å². The molecule has 8 atom stereocenters. The Bertz CT molecular complexity index is 1780. The first-order valence-corrected chi connectivity index (χ1v) is 22.0. The number of rotatable bonds is 9. The molecule has 1 N–H and O–H groups in total. The molecule has 0 aromatic heterocycles. The Morgan fingerprint density at radius 3 is 2.17 bits per heavy atom. The summed E-state index contributed by atoms with van der Waals surface area (Å²) in [7, 11) is 0.384. The van der Waals surface area contributed by atoms with Gasteiger partial charge in [0.1, 0.15) is 18.0 Å². The highest BCUT2D eigenvalue weighted by Crippen LogP contribution is 2.66. The summed E-state index contributed by atoms with van der Waals surface area (Å²) in [6, 6.07) is 15.8. The smallest absolute Gasteiger partial charge is 0.338 e. The van der Waals surface area contributed by atoms with Gasteiger partial charge < -0.3 is 33.2 Å². The lowest BCUT2D eigenvalue weighted by Gasteiger charge is -2.62. The van der Waals surface area contributed by atoms with Crippen molar-refractivity contribution in [3.63, 3.8) is 0 Å². The van der Waals surface area contributed by atoms with Crippen LogP contribution >= 0.6 is 15.9 Å². The van der Waals surface area contributed by atoms with Gasteiger partial charge >= 0.3 is 5.97 Å². The number of halogens is 1. The molecule has 1 spiro atoms. The molecule has 3 aliphatic carbocycles. The second-order valence-electron chi connectivity index (χ2n) is 17.3. The minimum absolute atomic E-state index is 0.0462. The zero-order valence-corrected chi connectivity index (χ0v) is 35.0. The molecule has 2 aromatic carbocycles. The number of esters is 1. The van der Waals surface area contributed by atoms with Crippen molar-refractivity contribution in [2.75, 3.05) is 20.8 Å². The van der Waals surface area contributed by atoms with Crippen LogP contribution in [0, 0.1) is 22.7 Å². The third-order valence-corrected chi connectivity index (χ3v) is 18.5. The number of ether oxygens (including phenoxy) is 5. The van der Waals surface area contributed by atoms with E-state index >= 15 is 4.79 Å². The highest BCUT2D eigenvalue weighted by atomic mass is 79.9. The number of aliphatic hydroxyl groups is 1. The second kappa shape index (κ2) is 13.7.